The molecule has 6 heteroatoms. The molecule has 4 rings (SSSR count). The first kappa shape index (κ1) is 25.4. The molecule has 0 heterocycles. The molecule has 0 bridgehead atoms. The van der Waals surface area contributed by atoms with Crippen LogP contribution in [0.1, 0.15) is 17.3 Å². The van der Waals surface area contributed by atoms with Gasteiger partial charge < -0.3 is 10.1 Å². The number of carbonyl (C=O) groups is 2. The molecule has 0 saturated heterocycles. The molecule has 4 aromatic carbocycles. The van der Waals surface area contributed by atoms with Crippen molar-refractivity contribution in [3.05, 3.63) is 137 Å². The van der Waals surface area contributed by atoms with E-state index in [1.54, 1.807) is 31.2 Å². The molecular formula is C30H26ClNO3P+. The Balaban J connectivity index is 2.04. The highest BCUT2D eigenvalue weighted by Gasteiger charge is 2.52. The summed E-state index contributed by atoms with van der Waals surface area (Å²) in [6.45, 7) is 1.86. The van der Waals surface area contributed by atoms with Gasteiger partial charge in [-0.05, 0) is 67.1 Å². The summed E-state index contributed by atoms with van der Waals surface area (Å²) in [6.07, 6.45) is 0. The molecule has 0 saturated carbocycles. The second-order valence-electron chi connectivity index (χ2n) is 7.88. The number of ether oxygens (including phenoxy) is 1. The van der Waals surface area contributed by atoms with Gasteiger partial charge in [-0.15, -0.1) is 0 Å². The van der Waals surface area contributed by atoms with Gasteiger partial charge in [0.1, 0.15) is 15.9 Å². The van der Waals surface area contributed by atoms with E-state index in [2.05, 4.69) is 5.32 Å². The van der Waals surface area contributed by atoms with Gasteiger partial charge in [0.05, 0.1) is 6.61 Å². The van der Waals surface area contributed by atoms with Crippen LogP contribution in [0.5, 0.6) is 0 Å². The van der Waals surface area contributed by atoms with E-state index >= 15 is 0 Å². The maximum atomic E-state index is 13.3. The van der Waals surface area contributed by atoms with Crippen molar-refractivity contribution in [1.29, 1.82) is 0 Å². The number of rotatable bonds is 8. The maximum Gasteiger partial charge on any atom is 0.360 e. The number of benzene rings is 4. The van der Waals surface area contributed by atoms with Gasteiger partial charge >= 0.3 is 5.97 Å². The van der Waals surface area contributed by atoms with Crippen molar-refractivity contribution >= 4 is 46.7 Å². The van der Waals surface area contributed by atoms with E-state index in [4.69, 9.17) is 16.3 Å². The van der Waals surface area contributed by atoms with Crippen molar-refractivity contribution in [2.45, 2.75) is 6.92 Å². The molecule has 0 unspecified atom stereocenters. The lowest BCUT2D eigenvalue weighted by Gasteiger charge is -2.27. The SMILES string of the molecule is CCOC(=O)C(NC(=O)c1ccccc1)=C(Cl)[P+](c1ccccc1)(c1ccccc1)c1ccccc1. The Bertz CT molecular complexity index is 1250. The van der Waals surface area contributed by atoms with Gasteiger partial charge in [-0.3, -0.25) is 4.79 Å². The Morgan fingerprint density at radius 3 is 1.47 bits per heavy atom. The van der Waals surface area contributed by atoms with E-state index in [0.29, 0.717) is 5.56 Å². The second-order valence-corrected chi connectivity index (χ2v) is 11.9. The Kier molecular flexibility index (Phi) is 8.32. The largest absolute Gasteiger partial charge is 0.461 e. The predicted molar refractivity (Wildman–Crippen MR) is 149 cm³/mol. The number of esters is 1. The van der Waals surface area contributed by atoms with Crippen LogP contribution in [0.2, 0.25) is 0 Å². The molecule has 0 aliphatic carbocycles. The predicted octanol–water partition coefficient (Wildman–Crippen LogP) is 5.38. The smallest absolute Gasteiger partial charge is 0.360 e. The number of hydrogen-bond acceptors (Lipinski definition) is 3. The van der Waals surface area contributed by atoms with E-state index < -0.39 is 19.1 Å². The summed E-state index contributed by atoms with van der Waals surface area (Å²) < 4.78 is 5.63. The highest BCUT2D eigenvalue weighted by Crippen LogP contribution is 2.64. The van der Waals surface area contributed by atoms with E-state index in [9.17, 15) is 9.59 Å². The van der Waals surface area contributed by atoms with Crippen LogP contribution in [0.3, 0.4) is 0 Å². The quantitative estimate of drug-likeness (QED) is 0.195. The summed E-state index contributed by atoms with van der Waals surface area (Å²) in [5, 5.41) is 5.64. The fourth-order valence-corrected chi connectivity index (χ4v) is 8.99. The van der Waals surface area contributed by atoms with E-state index in [1.165, 1.54) is 0 Å². The first-order chi connectivity index (χ1) is 17.6. The van der Waals surface area contributed by atoms with Crippen molar-refractivity contribution in [2.75, 3.05) is 6.61 Å². The zero-order chi connectivity index (χ0) is 25.4. The van der Waals surface area contributed by atoms with Crippen molar-refractivity contribution < 1.29 is 14.3 Å². The topological polar surface area (TPSA) is 55.4 Å². The standard InChI is InChI=1S/C30H25ClNO3P/c1-2-35-30(34)27(32-29(33)23-15-7-3-8-16-23)28(31)36(24-17-9-4-10-18-24,25-19-11-5-12-20-25)26-21-13-6-14-22-26/h3-22H,2H2,1H3/p+1. The van der Waals surface area contributed by atoms with Gasteiger partial charge in [-0.1, -0.05) is 72.8 Å². The van der Waals surface area contributed by atoms with Gasteiger partial charge in [0.2, 0.25) is 4.77 Å². The van der Waals surface area contributed by atoms with Gasteiger partial charge in [0.15, 0.2) is 13.0 Å². The minimum absolute atomic E-state index is 0.0581. The molecule has 0 spiro atoms. The summed E-state index contributed by atoms with van der Waals surface area (Å²) in [5.74, 6) is -1.12. The Labute approximate surface area is 216 Å². The van der Waals surface area contributed by atoms with Crippen LogP contribution in [0, 0.1) is 0 Å². The first-order valence-electron chi connectivity index (χ1n) is 11.6. The van der Waals surface area contributed by atoms with Crippen molar-refractivity contribution in [3.63, 3.8) is 0 Å². The lowest BCUT2D eigenvalue weighted by Crippen LogP contribution is -2.36. The first-order valence-corrected chi connectivity index (χ1v) is 13.8. The summed E-state index contributed by atoms with van der Waals surface area (Å²) in [5.41, 5.74) is 0.351. The van der Waals surface area contributed by atoms with E-state index in [-0.39, 0.29) is 17.1 Å². The van der Waals surface area contributed by atoms with Gasteiger partial charge in [-0.25, -0.2) is 4.79 Å². The maximum absolute atomic E-state index is 13.3. The molecule has 0 aliphatic rings. The molecule has 36 heavy (non-hydrogen) atoms. The number of halogens is 1. The molecule has 1 amide bonds. The Morgan fingerprint density at radius 2 is 1.08 bits per heavy atom. The number of amides is 1. The zero-order valence-electron chi connectivity index (χ0n) is 19.8. The van der Waals surface area contributed by atoms with Crippen LogP contribution >= 0.6 is 18.9 Å². The van der Waals surface area contributed by atoms with Crippen molar-refractivity contribution in [1.82, 2.24) is 5.32 Å². The molecule has 4 nitrogen and oxygen atoms in total. The fraction of sp³-hybridized carbons (Fsp3) is 0.0667. The van der Waals surface area contributed by atoms with Crippen LogP contribution in [0.4, 0.5) is 0 Å². The average molecular weight is 515 g/mol. The van der Waals surface area contributed by atoms with E-state index in [0.717, 1.165) is 15.9 Å². The molecule has 0 atom stereocenters. The van der Waals surface area contributed by atoms with Gasteiger partial charge in [0.25, 0.3) is 5.91 Å². The van der Waals surface area contributed by atoms with Crippen molar-refractivity contribution in [2.24, 2.45) is 0 Å². The van der Waals surface area contributed by atoms with Gasteiger partial charge in [-0.2, -0.15) is 0 Å². The highest BCUT2D eigenvalue weighted by molar-refractivity contribution is 8.00. The van der Waals surface area contributed by atoms with Crippen LogP contribution in [0.25, 0.3) is 0 Å². The van der Waals surface area contributed by atoms with Crippen LogP contribution < -0.4 is 21.2 Å². The lowest BCUT2D eigenvalue weighted by molar-refractivity contribution is -0.138. The number of hydrogen-bond donors (Lipinski definition) is 1. The van der Waals surface area contributed by atoms with Crippen LogP contribution in [0.15, 0.2) is 132 Å². The van der Waals surface area contributed by atoms with Crippen LogP contribution in [-0.2, 0) is 9.53 Å². The monoisotopic (exact) mass is 514 g/mol. The van der Waals surface area contributed by atoms with Gasteiger partial charge in [0, 0.05) is 5.56 Å². The summed E-state index contributed by atoms with van der Waals surface area (Å²) >= 11 is 7.35. The van der Waals surface area contributed by atoms with Crippen molar-refractivity contribution in [3.8, 4) is 0 Å². The molecule has 4 aromatic rings. The number of carbonyl (C=O) groups excluding carboxylic acids is 2. The summed E-state index contributed by atoms with van der Waals surface area (Å²) in [7, 11) is -2.80. The third-order valence-electron chi connectivity index (χ3n) is 5.69. The number of nitrogens with one attached hydrogen (secondary N) is 1. The third-order valence-corrected chi connectivity index (χ3v) is 10.7. The molecule has 0 aliphatic heterocycles. The van der Waals surface area contributed by atoms with E-state index in [1.807, 2.05) is 97.1 Å². The highest BCUT2D eigenvalue weighted by atomic mass is 35.5. The zero-order valence-corrected chi connectivity index (χ0v) is 21.5. The summed E-state index contributed by atoms with van der Waals surface area (Å²) in [4.78, 5) is 26.5. The molecule has 1 N–H and O–H groups in total. The minimum atomic E-state index is -2.80. The molecule has 0 radical (unpaired) electrons. The Hall–Kier alpha value is -3.72. The second kappa shape index (κ2) is 11.8. The summed E-state index contributed by atoms with van der Waals surface area (Å²) in [6, 6.07) is 38.3. The Morgan fingerprint density at radius 1 is 0.694 bits per heavy atom. The molecule has 0 aromatic heterocycles. The molecular weight excluding hydrogens is 489 g/mol. The van der Waals surface area contributed by atoms with Crippen LogP contribution in [-0.4, -0.2) is 18.5 Å². The fourth-order valence-electron chi connectivity index (χ4n) is 4.08. The minimum Gasteiger partial charge on any atom is -0.461 e. The third kappa shape index (κ3) is 5.11. The lowest BCUT2D eigenvalue weighted by atomic mass is 10.2. The average Bonchev–Trinajstić information content (AvgIpc) is 2.94. The molecule has 0 fully saturated rings. The normalized spacial score (nSPS) is 11.8. The molecule has 180 valence electrons.